The summed E-state index contributed by atoms with van der Waals surface area (Å²) in [6.45, 7) is 13.3. The van der Waals surface area contributed by atoms with E-state index in [-0.39, 0.29) is 16.8 Å². The van der Waals surface area contributed by atoms with Gasteiger partial charge in [0.1, 0.15) is 5.60 Å². The summed E-state index contributed by atoms with van der Waals surface area (Å²) in [4.78, 5) is 23.6. The van der Waals surface area contributed by atoms with Crippen molar-refractivity contribution in [3.05, 3.63) is 23.8 Å². The van der Waals surface area contributed by atoms with Crippen molar-refractivity contribution in [2.24, 2.45) is 16.7 Å². The highest BCUT2D eigenvalue weighted by Crippen LogP contribution is 2.67. The Morgan fingerprint density at radius 2 is 1.96 bits per heavy atom. The summed E-state index contributed by atoms with van der Waals surface area (Å²) < 4.78 is 5.55. The number of ether oxygens (including phenoxy) is 1. The standard InChI is InChI=1S/C20H28O4/c1-13-7-8-15-17(3,4)9-6-10-18(15,5)19(13)12-20(24-23-19)14(2)11-16(21)22-20/h11,15H,1,6-10,12H2,2-5H3/t15-,18-,19+,20?/m0/s1. The smallest absolute Gasteiger partial charge is 0.333 e. The molecular formula is C20H28O4. The first-order valence-electron chi connectivity index (χ1n) is 9.12. The molecule has 2 aliphatic carbocycles. The molecule has 3 fully saturated rings. The zero-order valence-electron chi connectivity index (χ0n) is 15.2. The molecule has 0 N–H and O–H groups in total. The molecule has 132 valence electrons. The van der Waals surface area contributed by atoms with Crippen LogP contribution in [0.15, 0.2) is 23.8 Å². The molecule has 1 saturated heterocycles. The van der Waals surface area contributed by atoms with Crippen LogP contribution < -0.4 is 0 Å². The van der Waals surface area contributed by atoms with Crippen LogP contribution in [0.2, 0.25) is 0 Å². The van der Waals surface area contributed by atoms with Crippen molar-refractivity contribution < 1.29 is 19.3 Å². The van der Waals surface area contributed by atoms with Crippen LogP contribution in [0, 0.1) is 16.7 Å². The van der Waals surface area contributed by atoms with E-state index in [9.17, 15) is 4.79 Å². The second kappa shape index (κ2) is 4.73. The van der Waals surface area contributed by atoms with Gasteiger partial charge < -0.3 is 4.74 Å². The lowest BCUT2D eigenvalue weighted by molar-refractivity contribution is -0.394. The van der Waals surface area contributed by atoms with Gasteiger partial charge in [0.15, 0.2) is 0 Å². The Hall–Kier alpha value is -1.13. The van der Waals surface area contributed by atoms with E-state index in [0.717, 1.165) is 30.4 Å². The summed E-state index contributed by atoms with van der Waals surface area (Å²) in [6, 6.07) is 0. The molecule has 0 radical (unpaired) electrons. The van der Waals surface area contributed by atoms with Gasteiger partial charge in [-0.05, 0) is 49.5 Å². The fourth-order valence-corrected chi connectivity index (χ4v) is 6.06. The highest BCUT2D eigenvalue weighted by atomic mass is 17.2. The van der Waals surface area contributed by atoms with Gasteiger partial charge in [0.2, 0.25) is 0 Å². The van der Waals surface area contributed by atoms with E-state index in [1.807, 2.05) is 6.92 Å². The average Bonchev–Trinajstić information content (AvgIpc) is 2.98. The predicted molar refractivity (Wildman–Crippen MR) is 89.7 cm³/mol. The van der Waals surface area contributed by atoms with Gasteiger partial charge in [-0.1, -0.05) is 33.8 Å². The zero-order chi connectivity index (χ0) is 17.4. The molecule has 4 rings (SSSR count). The van der Waals surface area contributed by atoms with E-state index in [1.165, 1.54) is 18.9 Å². The second-order valence-electron chi connectivity index (χ2n) is 9.13. The first-order valence-corrected chi connectivity index (χ1v) is 9.12. The third-order valence-corrected chi connectivity index (χ3v) is 7.46. The summed E-state index contributed by atoms with van der Waals surface area (Å²) in [7, 11) is 0. The highest BCUT2D eigenvalue weighted by Gasteiger charge is 2.70. The minimum atomic E-state index is -1.06. The van der Waals surface area contributed by atoms with Crippen LogP contribution in [-0.4, -0.2) is 17.4 Å². The Kier molecular flexibility index (Phi) is 3.22. The Labute approximate surface area is 144 Å². The monoisotopic (exact) mass is 332 g/mol. The van der Waals surface area contributed by atoms with Gasteiger partial charge in [-0.25, -0.2) is 9.68 Å². The highest BCUT2D eigenvalue weighted by molar-refractivity contribution is 5.86. The van der Waals surface area contributed by atoms with Crippen molar-refractivity contribution >= 4 is 5.97 Å². The summed E-state index contributed by atoms with van der Waals surface area (Å²) in [5, 5.41) is 0. The van der Waals surface area contributed by atoms with Gasteiger partial charge in [0, 0.05) is 17.1 Å². The Morgan fingerprint density at radius 3 is 2.62 bits per heavy atom. The van der Waals surface area contributed by atoms with Crippen LogP contribution in [0.3, 0.4) is 0 Å². The van der Waals surface area contributed by atoms with E-state index >= 15 is 0 Å². The van der Waals surface area contributed by atoms with E-state index in [4.69, 9.17) is 14.5 Å². The van der Waals surface area contributed by atoms with Gasteiger partial charge in [0.25, 0.3) is 5.79 Å². The van der Waals surface area contributed by atoms with E-state index in [0.29, 0.717) is 12.3 Å². The maximum atomic E-state index is 11.8. The first kappa shape index (κ1) is 16.3. The number of rotatable bonds is 0. The molecule has 2 spiro atoms. The molecule has 24 heavy (non-hydrogen) atoms. The molecule has 4 heteroatoms. The van der Waals surface area contributed by atoms with Crippen LogP contribution in [0.1, 0.15) is 66.2 Å². The van der Waals surface area contributed by atoms with Gasteiger partial charge >= 0.3 is 5.97 Å². The summed E-state index contributed by atoms with van der Waals surface area (Å²) >= 11 is 0. The quantitative estimate of drug-likeness (QED) is 0.373. The Balaban J connectivity index is 1.77. The molecule has 1 unspecified atom stereocenters. The lowest BCUT2D eigenvalue weighted by Crippen LogP contribution is -2.60. The third kappa shape index (κ3) is 1.84. The Bertz CT molecular complexity index is 648. The lowest BCUT2D eigenvalue weighted by atomic mass is 9.45. The van der Waals surface area contributed by atoms with Crippen molar-refractivity contribution in [1.29, 1.82) is 0 Å². The number of hydrogen-bond acceptors (Lipinski definition) is 4. The van der Waals surface area contributed by atoms with Crippen LogP contribution >= 0.6 is 0 Å². The summed E-state index contributed by atoms with van der Waals surface area (Å²) in [6.07, 6.45) is 7.65. The molecule has 0 amide bonds. The van der Waals surface area contributed by atoms with Crippen LogP contribution in [0.25, 0.3) is 0 Å². The number of hydrogen-bond donors (Lipinski definition) is 0. The van der Waals surface area contributed by atoms with Crippen molar-refractivity contribution in [2.75, 3.05) is 0 Å². The largest absolute Gasteiger partial charge is 0.423 e. The summed E-state index contributed by atoms with van der Waals surface area (Å²) in [5.41, 5.74) is 1.53. The Morgan fingerprint density at radius 1 is 1.21 bits per heavy atom. The lowest BCUT2D eigenvalue weighted by Gasteiger charge is -2.60. The van der Waals surface area contributed by atoms with Gasteiger partial charge in [-0.15, -0.1) is 0 Å². The number of carbonyl (C=O) groups excluding carboxylic acids is 1. The first-order chi connectivity index (χ1) is 11.2. The molecule has 4 nitrogen and oxygen atoms in total. The fraction of sp³-hybridized carbons (Fsp3) is 0.750. The molecule has 2 heterocycles. The average molecular weight is 332 g/mol. The third-order valence-electron chi connectivity index (χ3n) is 7.46. The topological polar surface area (TPSA) is 44.8 Å². The molecule has 0 aromatic heterocycles. The van der Waals surface area contributed by atoms with Gasteiger partial charge in [-0.2, -0.15) is 4.89 Å². The van der Waals surface area contributed by atoms with E-state index in [2.05, 4.69) is 27.4 Å². The molecule has 0 bridgehead atoms. The van der Waals surface area contributed by atoms with Crippen LogP contribution in [0.5, 0.6) is 0 Å². The zero-order valence-corrected chi connectivity index (χ0v) is 15.2. The van der Waals surface area contributed by atoms with Crippen molar-refractivity contribution in [3.63, 3.8) is 0 Å². The van der Waals surface area contributed by atoms with Crippen LogP contribution in [0.4, 0.5) is 0 Å². The molecular weight excluding hydrogens is 304 g/mol. The van der Waals surface area contributed by atoms with E-state index in [1.54, 1.807) is 0 Å². The minimum Gasteiger partial charge on any atom is -0.423 e. The number of fused-ring (bicyclic) bond motifs is 2. The SMILES string of the molecule is C=C1CC[C@H]2C(C)(C)CCC[C@]2(C)[C@@]12CC1(OO2)OC(=O)C=C1C. The van der Waals surface area contributed by atoms with Crippen molar-refractivity contribution in [2.45, 2.75) is 77.6 Å². The molecule has 2 aliphatic heterocycles. The second-order valence-corrected chi connectivity index (χ2v) is 9.13. The van der Waals surface area contributed by atoms with E-state index < -0.39 is 11.4 Å². The maximum Gasteiger partial charge on any atom is 0.333 e. The normalized spacial score (nSPS) is 47.0. The molecule has 0 aromatic rings. The minimum absolute atomic E-state index is 0.0527. The van der Waals surface area contributed by atoms with Crippen molar-refractivity contribution in [1.82, 2.24) is 0 Å². The van der Waals surface area contributed by atoms with Crippen LogP contribution in [-0.2, 0) is 19.3 Å². The van der Waals surface area contributed by atoms with Crippen molar-refractivity contribution in [3.8, 4) is 0 Å². The van der Waals surface area contributed by atoms with Gasteiger partial charge in [0.05, 0.1) is 6.42 Å². The predicted octanol–water partition coefficient (Wildman–Crippen LogP) is 4.46. The molecule has 4 atom stereocenters. The molecule has 2 saturated carbocycles. The molecule has 0 aromatic carbocycles. The number of esters is 1. The summed E-state index contributed by atoms with van der Waals surface area (Å²) in [5.74, 6) is -0.864. The number of carbonyl (C=O) groups is 1. The van der Waals surface area contributed by atoms with Gasteiger partial charge in [-0.3, -0.25) is 0 Å². The molecule has 4 aliphatic rings. The fourth-order valence-electron chi connectivity index (χ4n) is 6.06. The maximum absolute atomic E-state index is 11.8.